The van der Waals surface area contributed by atoms with Crippen molar-refractivity contribution in [1.29, 1.82) is 0 Å². The number of carbonyl (C=O) groups excluding carboxylic acids is 1. The number of amides is 2. The van der Waals surface area contributed by atoms with Crippen molar-refractivity contribution in [2.45, 2.75) is 0 Å². The first-order valence-corrected chi connectivity index (χ1v) is 5.47. The molecule has 8 nitrogen and oxygen atoms in total. The second kappa shape index (κ2) is 5.65. The van der Waals surface area contributed by atoms with Crippen LogP contribution in [0.25, 0.3) is 0 Å². The van der Waals surface area contributed by atoms with Gasteiger partial charge >= 0.3 is 12.0 Å². The van der Waals surface area contributed by atoms with Gasteiger partial charge in [-0.25, -0.2) is 19.6 Å². The van der Waals surface area contributed by atoms with Gasteiger partial charge in [0.2, 0.25) is 5.95 Å². The lowest BCUT2D eigenvalue weighted by Gasteiger charge is -2.08. The number of benzene rings is 1. The van der Waals surface area contributed by atoms with Gasteiger partial charge in [0.15, 0.2) is 0 Å². The van der Waals surface area contributed by atoms with Crippen molar-refractivity contribution in [3.8, 4) is 5.75 Å². The van der Waals surface area contributed by atoms with Gasteiger partial charge in [-0.2, -0.15) is 0 Å². The molecule has 1 aromatic carbocycles. The fourth-order valence-electron chi connectivity index (χ4n) is 1.39. The number of aromatic hydroxyl groups is 1. The highest BCUT2D eigenvalue weighted by Crippen LogP contribution is 2.24. The number of phenols is 1. The summed E-state index contributed by atoms with van der Waals surface area (Å²) >= 11 is 0. The van der Waals surface area contributed by atoms with Crippen molar-refractivity contribution in [3.63, 3.8) is 0 Å². The number of carboxylic acid groups (broad SMARTS) is 1. The highest BCUT2D eigenvalue weighted by Gasteiger charge is 2.10. The SMILES string of the molecule is O=C(Nc1ncccn1)Nc1ccc(C(=O)O)cc1O. The molecule has 4 N–H and O–H groups in total. The average molecular weight is 274 g/mol. The number of anilines is 2. The standard InChI is InChI=1S/C12H10N4O4/c17-9-6-7(10(18)19)2-3-8(9)15-12(20)16-11-13-4-1-5-14-11/h1-6,17H,(H,18,19)(H2,13,14,15,16,20). The second-order valence-corrected chi connectivity index (χ2v) is 3.69. The van der Waals surface area contributed by atoms with E-state index >= 15 is 0 Å². The highest BCUT2D eigenvalue weighted by atomic mass is 16.4. The number of hydrogen-bond acceptors (Lipinski definition) is 5. The van der Waals surface area contributed by atoms with Gasteiger partial charge < -0.3 is 15.5 Å². The van der Waals surface area contributed by atoms with Crippen LogP contribution >= 0.6 is 0 Å². The number of rotatable bonds is 3. The minimum Gasteiger partial charge on any atom is -0.506 e. The summed E-state index contributed by atoms with van der Waals surface area (Å²) in [7, 11) is 0. The molecule has 0 saturated carbocycles. The fourth-order valence-corrected chi connectivity index (χ4v) is 1.39. The molecule has 0 aliphatic heterocycles. The molecule has 102 valence electrons. The zero-order valence-electron chi connectivity index (χ0n) is 10.1. The van der Waals surface area contributed by atoms with Gasteiger partial charge in [0.25, 0.3) is 0 Å². The van der Waals surface area contributed by atoms with E-state index in [-0.39, 0.29) is 22.9 Å². The Morgan fingerprint density at radius 1 is 1.10 bits per heavy atom. The van der Waals surface area contributed by atoms with Gasteiger partial charge in [0.05, 0.1) is 11.3 Å². The van der Waals surface area contributed by atoms with Crippen LogP contribution in [0.1, 0.15) is 10.4 Å². The number of carboxylic acids is 1. The van der Waals surface area contributed by atoms with Crippen molar-refractivity contribution in [2.75, 3.05) is 10.6 Å². The van der Waals surface area contributed by atoms with E-state index in [0.29, 0.717) is 0 Å². The first kappa shape index (κ1) is 13.3. The third kappa shape index (κ3) is 3.19. The largest absolute Gasteiger partial charge is 0.506 e. The van der Waals surface area contributed by atoms with Gasteiger partial charge in [-0.15, -0.1) is 0 Å². The van der Waals surface area contributed by atoms with Crippen molar-refractivity contribution in [3.05, 3.63) is 42.2 Å². The van der Waals surface area contributed by atoms with Crippen LogP contribution in [0, 0.1) is 0 Å². The third-order valence-corrected chi connectivity index (χ3v) is 2.28. The lowest BCUT2D eigenvalue weighted by Crippen LogP contribution is -2.20. The quantitative estimate of drug-likeness (QED) is 0.629. The molecule has 0 saturated heterocycles. The molecule has 2 rings (SSSR count). The molecule has 1 heterocycles. The lowest BCUT2D eigenvalue weighted by molar-refractivity contribution is 0.0696. The summed E-state index contributed by atoms with van der Waals surface area (Å²) in [4.78, 5) is 29.9. The number of phenolic OH excluding ortho intramolecular Hbond substituents is 1. The number of urea groups is 1. The maximum atomic E-state index is 11.6. The number of hydrogen-bond donors (Lipinski definition) is 4. The van der Waals surface area contributed by atoms with Crippen molar-refractivity contribution in [2.24, 2.45) is 0 Å². The zero-order valence-corrected chi connectivity index (χ0v) is 10.1. The van der Waals surface area contributed by atoms with E-state index in [1.54, 1.807) is 6.07 Å². The van der Waals surface area contributed by atoms with E-state index in [1.165, 1.54) is 24.5 Å². The summed E-state index contributed by atoms with van der Waals surface area (Å²) in [5, 5.41) is 23.1. The van der Waals surface area contributed by atoms with E-state index in [9.17, 15) is 14.7 Å². The number of aromatic carboxylic acids is 1. The molecule has 0 atom stereocenters. The predicted molar refractivity (Wildman–Crippen MR) is 69.7 cm³/mol. The fraction of sp³-hybridized carbons (Fsp3) is 0. The molecule has 2 aromatic rings. The number of nitrogens with one attached hydrogen (secondary N) is 2. The van der Waals surface area contributed by atoms with Crippen molar-refractivity contribution in [1.82, 2.24) is 9.97 Å². The van der Waals surface area contributed by atoms with Gasteiger partial charge in [-0.05, 0) is 24.3 Å². The number of carbonyl (C=O) groups is 2. The molecule has 2 amide bonds. The van der Waals surface area contributed by atoms with Crippen LogP contribution in [-0.4, -0.2) is 32.2 Å². The first-order valence-electron chi connectivity index (χ1n) is 5.47. The molecule has 0 radical (unpaired) electrons. The molecule has 8 heteroatoms. The zero-order chi connectivity index (χ0) is 14.5. The van der Waals surface area contributed by atoms with Gasteiger partial charge in [-0.1, -0.05) is 0 Å². The van der Waals surface area contributed by atoms with Crippen LogP contribution in [0.5, 0.6) is 5.75 Å². The normalized spacial score (nSPS) is 9.80. The van der Waals surface area contributed by atoms with E-state index in [1.807, 2.05) is 0 Å². The summed E-state index contributed by atoms with van der Waals surface area (Å²) in [5.41, 5.74) is -0.0109. The van der Waals surface area contributed by atoms with Crippen molar-refractivity contribution >= 4 is 23.6 Å². The Hall–Kier alpha value is -3.16. The Balaban J connectivity index is 2.06. The first-order chi connectivity index (χ1) is 9.56. The monoisotopic (exact) mass is 274 g/mol. The van der Waals surface area contributed by atoms with E-state index < -0.39 is 12.0 Å². The Bertz CT molecular complexity index is 645. The van der Waals surface area contributed by atoms with E-state index in [4.69, 9.17) is 5.11 Å². The van der Waals surface area contributed by atoms with E-state index in [0.717, 1.165) is 6.07 Å². The number of aromatic nitrogens is 2. The van der Waals surface area contributed by atoms with Crippen LogP contribution < -0.4 is 10.6 Å². The summed E-state index contributed by atoms with van der Waals surface area (Å²) in [6.45, 7) is 0. The van der Waals surface area contributed by atoms with Crippen LogP contribution in [-0.2, 0) is 0 Å². The minimum absolute atomic E-state index is 0.0726. The summed E-state index contributed by atoms with van der Waals surface area (Å²) in [5.74, 6) is -1.42. The Labute approximate surface area is 113 Å². The van der Waals surface area contributed by atoms with Crippen LogP contribution in [0.2, 0.25) is 0 Å². The van der Waals surface area contributed by atoms with Gasteiger partial charge in [0, 0.05) is 12.4 Å². The molecular formula is C12H10N4O4. The molecule has 0 aliphatic rings. The molecule has 1 aromatic heterocycles. The lowest BCUT2D eigenvalue weighted by atomic mass is 10.2. The summed E-state index contributed by atoms with van der Waals surface area (Å²) in [6, 6.07) is 4.52. The molecule has 0 bridgehead atoms. The molecule has 0 spiro atoms. The minimum atomic E-state index is -1.17. The van der Waals surface area contributed by atoms with Crippen LogP contribution in [0.15, 0.2) is 36.7 Å². The predicted octanol–water partition coefficient (Wildman–Crippen LogP) is 1.52. The number of nitrogens with zero attached hydrogens (tertiary/aromatic N) is 2. The Morgan fingerprint density at radius 3 is 2.40 bits per heavy atom. The smallest absolute Gasteiger partial charge is 0.335 e. The highest BCUT2D eigenvalue weighted by molar-refractivity contribution is 6.00. The average Bonchev–Trinajstić information content (AvgIpc) is 2.42. The van der Waals surface area contributed by atoms with Crippen molar-refractivity contribution < 1.29 is 19.8 Å². The van der Waals surface area contributed by atoms with Crippen LogP contribution in [0.3, 0.4) is 0 Å². The Morgan fingerprint density at radius 2 is 1.80 bits per heavy atom. The topological polar surface area (TPSA) is 124 Å². The molecule has 0 aliphatic carbocycles. The summed E-state index contributed by atoms with van der Waals surface area (Å²) in [6.07, 6.45) is 2.92. The Kier molecular flexibility index (Phi) is 3.75. The molecule has 20 heavy (non-hydrogen) atoms. The second-order valence-electron chi connectivity index (χ2n) is 3.69. The summed E-state index contributed by atoms with van der Waals surface area (Å²) < 4.78 is 0. The molecule has 0 unspecified atom stereocenters. The van der Waals surface area contributed by atoms with Crippen LogP contribution in [0.4, 0.5) is 16.4 Å². The van der Waals surface area contributed by atoms with E-state index in [2.05, 4.69) is 20.6 Å². The maximum absolute atomic E-state index is 11.6. The third-order valence-electron chi connectivity index (χ3n) is 2.28. The van der Waals surface area contributed by atoms with Gasteiger partial charge in [0.1, 0.15) is 5.75 Å². The maximum Gasteiger partial charge on any atom is 0.335 e. The van der Waals surface area contributed by atoms with Gasteiger partial charge in [-0.3, -0.25) is 5.32 Å². The molecular weight excluding hydrogens is 264 g/mol. The molecule has 0 fully saturated rings.